The summed E-state index contributed by atoms with van der Waals surface area (Å²) in [6.07, 6.45) is -1.08. The molecule has 1 amide bonds. The Morgan fingerprint density at radius 2 is 1.97 bits per heavy atom. The molecule has 0 fully saturated rings. The van der Waals surface area contributed by atoms with Gasteiger partial charge in [-0.15, -0.1) is 0 Å². The fourth-order valence-electron chi connectivity index (χ4n) is 3.28. The van der Waals surface area contributed by atoms with E-state index in [9.17, 15) is 22.7 Å². The van der Waals surface area contributed by atoms with Crippen molar-refractivity contribution in [2.75, 3.05) is 46.5 Å². The van der Waals surface area contributed by atoms with Crippen molar-refractivity contribution < 1.29 is 36.9 Å². The zero-order valence-corrected chi connectivity index (χ0v) is 20.4. The summed E-state index contributed by atoms with van der Waals surface area (Å²) in [6, 6.07) is 5.63. The van der Waals surface area contributed by atoms with Crippen LogP contribution in [0.3, 0.4) is 0 Å². The molecule has 0 aliphatic carbocycles. The van der Waals surface area contributed by atoms with Crippen LogP contribution < -0.4 is 0 Å². The number of rotatable bonds is 8. The number of sulfonamides is 1. The summed E-state index contributed by atoms with van der Waals surface area (Å²) in [7, 11) is -1.34. The van der Waals surface area contributed by atoms with E-state index in [1.165, 1.54) is 32.4 Å². The van der Waals surface area contributed by atoms with Crippen molar-refractivity contribution in [2.45, 2.75) is 38.3 Å². The number of methoxy groups -OCH3 is 1. The molecule has 0 saturated heterocycles. The van der Waals surface area contributed by atoms with Crippen molar-refractivity contribution in [3.05, 3.63) is 35.6 Å². The third-order valence-electron chi connectivity index (χ3n) is 4.84. The highest BCUT2D eigenvalue weighted by atomic mass is 32.2. The van der Waals surface area contributed by atoms with E-state index in [4.69, 9.17) is 14.2 Å². The van der Waals surface area contributed by atoms with Gasteiger partial charge >= 0.3 is 6.09 Å². The fourth-order valence-corrected chi connectivity index (χ4v) is 4.83. The van der Waals surface area contributed by atoms with Crippen LogP contribution >= 0.6 is 0 Å². The number of halogens is 1. The first-order valence-electron chi connectivity index (χ1n) is 10.4. The van der Waals surface area contributed by atoms with Gasteiger partial charge in [0.1, 0.15) is 23.7 Å². The molecule has 12 heteroatoms. The smallest absolute Gasteiger partial charge is 0.419 e. The quantitative estimate of drug-likeness (QED) is 0.438. The molecule has 0 bridgehead atoms. The Kier molecular flexibility index (Phi) is 8.80. The number of hydrogen-bond donors (Lipinski definition) is 1. The van der Waals surface area contributed by atoms with E-state index in [-0.39, 0.29) is 37.9 Å². The van der Waals surface area contributed by atoms with Crippen molar-refractivity contribution in [1.29, 1.82) is 0 Å². The molecule has 0 aromatic heterocycles. The molecule has 0 spiro atoms. The van der Waals surface area contributed by atoms with Crippen LogP contribution in [0.5, 0.6) is 0 Å². The summed E-state index contributed by atoms with van der Waals surface area (Å²) >= 11 is 0. The molecular weight excluding hydrogens is 457 g/mol. The second-order valence-corrected chi connectivity index (χ2v) is 10.6. The van der Waals surface area contributed by atoms with E-state index >= 15 is 0 Å². The topological polar surface area (TPSA) is 118 Å². The summed E-state index contributed by atoms with van der Waals surface area (Å²) in [5, 5.41) is 9.72. The molecule has 1 aromatic rings. The zero-order valence-electron chi connectivity index (χ0n) is 19.6. The Hall–Kier alpha value is -2.28. The standard InChI is InChI=1S/C21H32FN3O7S/c1-20(2,3)32-19(27)25(15-31-13-12-30-5)18-23-21(10-11-26,14-33(28,29)24(18)4)16-8-6-7-9-17(16)22/h6-9,26H,10-15H2,1-5H3. The van der Waals surface area contributed by atoms with Crippen LogP contribution in [-0.2, 0) is 29.8 Å². The van der Waals surface area contributed by atoms with E-state index < -0.39 is 45.4 Å². The summed E-state index contributed by atoms with van der Waals surface area (Å²) in [4.78, 5) is 18.5. The van der Waals surface area contributed by atoms with Crippen LogP contribution in [0.15, 0.2) is 29.3 Å². The molecule has 1 aromatic carbocycles. The van der Waals surface area contributed by atoms with E-state index in [1.807, 2.05) is 0 Å². The molecule has 10 nitrogen and oxygen atoms in total. The van der Waals surface area contributed by atoms with E-state index in [0.717, 1.165) is 9.21 Å². The van der Waals surface area contributed by atoms with Gasteiger partial charge in [0.15, 0.2) is 0 Å². The minimum Gasteiger partial charge on any atom is -0.443 e. The summed E-state index contributed by atoms with van der Waals surface area (Å²) in [5.74, 6) is -1.56. The Labute approximate surface area is 194 Å². The Balaban J connectivity index is 2.65. The Morgan fingerprint density at radius 3 is 2.55 bits per heavy atom. The highest BCUT2D eigenvalue weighted by Gasteiger charge is 2.47. The zero-order chi connectivity index (χ0) is 24.9. The van der Waals surface area contributed by atoms with Crippen LogP contribution in [0.1, 0.15) is 32.8 Å². The maximum absolute atomic E-state index is 14.8. The molecule has 33 heavy (non-hydrogen) atoms. The number of carbonyl (C=O) groups is 1. The monoisotopic (exact) mass is 489 g/mol. The number of aliphatic hydroxyl groups excluding tert-OH is 1. The molecule has 1 aliphatic rings. The van der Waals surface area contributed by atoms with Crippen LogP contribution in [0, 0.1) is 5.82 Å². The van der Waals surface area contributed by atoms with Crippen molar-refractivity contribution in [3.63, 3.8) is 0 Å². The number of hydrogen-bond acceptors (Lipinski definition) is 8. The van der Waals surface area contributed by atoms with Crippen molar-refractivity contribution in [3.8, 4) is 0 Å². The number of carbonyl (C=O) groups excluding carboxylic acids is 1. The summed E-state index contributed by atoms with van der Waals surface area (Å²) in [6.45, 7) is 4.50. The Bertz CT molecular complexity index is 965. The van der Waals surface area contributed by atoms with Crippen molar-refractivity contribution in [2.24, 2.45) is 4.99 Å². The van der Waals surface area contributed by atoms with Crippen molar-refractivity contribution in [1.82, 2.24) is 9.21 Å². The van der Waals surface area contributed by atoms with Gasteiger partial charge in [0.2, 0.25) is 16.0 Å². The number of aliphatic imine (C=N–C) groups is 1. The molecule has 1 heterocycles. The van der Waals surface area contributed by atoms with Crippen LogP contribution in [-0.4, -0.2) is 86.8 Å². The minimum absolute atomic E-state index is 0.00216. The molecule has 1 N–H and O–H groups in total. The predicted octanol–water partition coefficient (Wildman–Crippen LogP) is 1.89. The average molecular weight is 490 g/mol. The van der Waals surface area contributed by atoms with Crippen LogP contribution in [0.2, 0.25) is 0 Å². The molecule has 1 atom stereocenters. The predicted molar refractivity (Wildman–Crippen MR) is 120 cm³/mol. The normalized spacial score (nSPS) is 20.3. The van der Waals surface area contributed by atoms with E-state index in [2.05, 4.69) is 4.99 Å². The minimum atomic E-state index is -4.07. The first-order chi connectivity index (χ1) is 15.4. The van der Waals surface area contributed by atoms with Gasteiger partial charge in [0, 0.05) is 32.7 Å². The molecule has 0 saturated carbocycles. The van der Waals surface area contributed by atoms with Gasteiger partial charge in [-0.1, -0.05) is 18.2 Å². The van der Waals surface area contributed by atoms with Gasteiger partial charge in [-0.2, -0.15) is 0 Å². The molecule has 2 rings (SSSR count). The highest BCUT2D eigenvalue weighted by molar-refractivity contribution is 7.89. The number of amides is 1. The highest BCUT2D eigenvalue weighted by Crippen LogP contribution is 2.37. The third kappa shape index (κ3) is 6.62. The molecular formula is C21H32FN3O7S. The second-order valence-electron chi connectivity index (χ2n) is 8.56. The maximum Gasteiger partial charge on any atom is 0.419 e. The molecule has 186 valence electrons. The third-order valence-corrected chi connectivity index (χ3v) is 6.68. The number of guanidine groups is 1. The molecule has 1 unspecified atom stereocenters. The maximum atomic E-state index is 14.8. The van der Waals surface area contributed by atoms with Gasteiger partial charge in [-0.25, -0.2) is 31.8 Å². The van der Waals surface area contributed by atoms with Crippen molar-refractivity contribution >= 4 is 22.1 Å². The van der Waals surface area contributed by atoms with Gasteiger partial charge < -0.3 is 19.3 Å². The van der Waals surface area contributed by atoms with Gasteiger partial charge in [0.25, 0.3) is 0 Å². The largest absolute Gasteiger partial charge is 0.443 e. The first-order valence-corrected chi connectivity index (χ1v) is 12.0. The average Bonchev–Trinajstić information content (AvgIpc) is 2.70. The van der Waals surface area contributed by atoms with Gasteiger partial charge in [-0.3, -0.25) is 0 Å². The number of nitrogens with zero attached hydrogens (tertiary/aromatic N) is 3. The second kappa shape index (κ2) is 10.8. The van der Waals surface area contributed by atoms with Gasteiger partial charge in [0.05, 0.1) is 19.0 Å². The molecule has 0 radical (unpaired) electrons. The van der Waals surface area contributed by atoms with Crippen LogP contribution in [0.25, 0.3) is 0 Å². The number of benzene rings is 1. The lowest BCUT2D eigenvalue weighted by Gasteiger charge is -2.41. The lowest BCUT2D eigenvalue weighted by atomic mass is 9.88. The molecule has 1 aliphatic heterocycles. The van der Waals surface area contributed by atoms with E-state index in [1.54, 1.807) is 26.8 Å². The fraction of sp³-hybridized carbons (Fsp3) is 0.619. The Morgan fingerprint density at radius 1 is 1.30 bits per heavy atom. The first kappa shape index (κ1) is 27.0. The lowest BCUT2D eigenvalue weighted by Crippen LogP contribution is -2.57. The number of aliphatic hydroxyl groups is 1. The summed E-state index contributed by atoms with van der Waals surface area (Å²) in [5.41, 5.74) is -2.55. The van der Waals surface area contributed by atoms with Gasteiger partial charge in [-0.05, 0) is 26.8 Å². The SMILES string of the molecule is COCCOCN(C(=O)OC(C)(C)C)C1=NC(CCO)(c2ccccc2F)CS(=O)(=O)N1C. The van der Waals surface area contributed by atoms with E-state index in [0.29, 0.717) is 0 Å². The lowest BCUT2D eigenvalue weighted by molar-refractivity contribution is -0.00419. The summed E-state index contributed by atoms with van der Waals surface area (Å²) < 4.78 is 57.8. The number of ether oxygens (including phenoxy) is 3. The van der Waals surface area contributed by atoms with Crippen LogP contribution in [0.4, 0.5) is 9.18 Å².